The quantitative estimate of drug-likeness (QED) is 0.857. The molecular formula is C13H18ClNO. The van der Waals surface area contributed by atoms with Crippen LogP contribution in [0.25, 0.3) is 0 Å². The van der Waals surface area contributed by atoms with Crippen molar-refractivity contribution in [1.29, 1.82) is 0 Å². The molecule has 1 saturated heterocycles. The van der Waals surface area contributed by atoms with E-state index in [0.717, 1.165) is 24.7 Å². The van der Waals surface area contributed by atoms with E-state index in [-0.39, 0.29) is 5.54 Å². The summed E-state index contributed by atoms with van der Waals surface area (Å²) in [5, 5.41) is 4.43. The lowest BCUT2D eigenvalue weighted by molar-refractivity contribution is 0.0135. The molecular weight excluding hydrogens is 222 g/mol. The standard InChI is InChI=1S/C13H18ClNO/c1-13(2)9-16-8-11(15-13)7-10-5-3-4-6-12(10)14/h3-6,11,15H,7-9H2,1-2H3. The van der Waals surface area contributed by atoms with Crippen molar-refractivity contribution in [2.24, 2.45) is 0 Å². The van der Waals surface area contributed by atoms with Crippen LogP contribution >= 0.6 is 11.6 Å². The number of nitrogens with one attached hydrogen (secondary N) is 1. The van der Waals surface area contributed by atoms with E-state index in [0.29, 0.717) is 6.04 Å². The van der Waals surface area contributed by atoms with Crippen LogP contribution in [0.4, 0.5) is 0 Å². The highest BCUT2D eigenvalue weighted by molar-refractivity contribution is 6.31. The van der Waals surface area contributed by atoms with Crippen LogP contribution in [0.3, 0.4) is 0 Å². The van der Waals surface area contributed by atoms with Crippen molar-refractivity contribution in [2.75, 3.05) is 13.2 Å². The first-order chi connectivity index (χ1) is 7.57. The maximum absolute atomic E-state index is 6.15. The van der Waals surface area contributed by atoms with Crippen LogP contribution in [0.5, 0.6) is 0 Å². The smallest absolute Gasteiger partial charge is 0.0643 e. The average Bonchev–Trinajstić information content (AvgIpc) is 2.20. The second kappa shape index (κ2) is 4.74. The number of rotatable bonds is 2. The summed E-state index contributed by atoms with van der Waals surface area (Å²) < 4.78 is 5.60. The molecule has 1 aromatic carbocycles. The van der Waals surface area contributed by atoms with Crippen molar-refractivity contribution in [3.63, 3.8) is 0 Å². The first-order valence-electron chi connectivity index (χ1n) is 5.66. The van der Waals surface area contributed by atoms with Gasteiger partial charge < -0.3 is 10.1 Å². The molecule has 0 radical (unpaired) electrons. The summed E-state index contributed by atoms with van der Waals surface area (Å²) in [5.41, 5.74) is 1.24. The maximum atomic E-state index is 6.15. The van der Waals surface area contributed by atoms with E-state index in [4.69, 9.17) is 16.3 Å². The van der Waals surface area contributed by atoms with Crippen LogP contribution in [0, 0.1) is 0 Å². The van der Waals surface area contributed by atoms with Crippen molar-refractivity contribution < 1.29 is 4.74 Å². The van der Waals surface area contributed by atoms with Crippen molar-refractivity contribution >= 4 is 11.6 Å². The van der Waals surface area contributed by atoms with E-state index in [2.05, 4.69) is 25.2 Å². The summed E-state index contributed by atoms with van der Waals surface area (Å²) in [4.78, 5) is 0. The van der Waals surface area contributed by atoms with Crippen LogP contribution < -0.4 is 5.32 Å². The van der Waals surface area contributed by atoms with E-state index in [9.17, 15) is 0 Å². The molecule has 88 valence electrons. The van der Waals surface area contributed by atoms with Crippen molar-refractivity contribution in [1.82, 2.24) is 5.32 Å². The lowest BCUT2D eigenvalue weighted by Gasteiger charge is -2.37. The summed E-state index contributed by atoms with van der Waals surface area (Å²) in [5.74, 6) is 0. The van der Waals surface area contributed by atoms with Crippen molar-refractivity contribution in [2.45, 2.75) is 31.8 Å². The normalized spacial score (nSPS) is 24.3. The average molecular weight is 240 g/mol. The lowest BCUT2D eigenvalue weighted by atomic mass is 9.99. The molecule has 1 fully saturated rings. The van der Waals surface area contributed by atoms with Crippen molar-refractivity contribution in [3.05, 3.63) is 34.9 Å². The number of halogens is 1. The van der Waals surface area contributed by atoms with Gasteiger partial charge in [-0.05, 0) is 31.9 Å². The highest BCUT2D eigenvalue weighted by atomic mass is 35.5. The minimum atomic E-state index is 0.0597. The number of ether oxygens (including phenoxy) is 1. The Balaban J connectivity index is 2.02. The molecule has 0 saturated carbocycles. The third-order valence-corrected chi connectivity index (χ3v) is 3.17. The molecule has 0 bridgehead atoms. The molecule has 1 atom stereocenters. The van der Waals surface area contributed by atoms with Crippen LogP contribution in [0.15, 0.2) is 24.3 Å². The zero-order valence-electron chi connectivity index (χ0n) is 9.79. The van der Waals surface area contributed by atoms with Crippen LogP contribution in [0.2, 0.25) is 5.02 Å². The summed E-state index contributed by atoms with van der Waals surface area (Å²) in [6.45, 7) is 5.85. The van der Waals surface area contributed by atoms with Gasteiger partial charge in [-0.3, -0.25) is 0 Å². The van der Waals surface area contributed by atoms with Gasteiger partial charge in [0.1, 0.15) is 0 Å². The van der Waals surface area contributed by atoms with Crippen LogP contribution in [0.1, 0.15) is 19.4 Å². The van der Waals surface area contributed by atoms with E-state index in [1.165, 1.54) is 5.56 Å². The van der Waals surface area contributed by atoms with E-state index in [1.54, 1.807) is 0 Å². The molecule has 0 spiro atoms. The molecule has 0 aliphatic carbocycles. The van der Waals surface area contributed by atoms with Gasteiger partial charge in [-0.15, -0.1) is 0 Å². The zero-order valence-corrected chi connectivity index (χ0v) is 10.6. The SMILES string of the molecule is CC1(C)COCC(Cc2ccccc2Cl)N1. The minimum Gasteiger partial charge on any atom is -0.378 e. The highest BCUT2D eigenvalue weighted by Crippen LogP contribution is 2.19. The Hall–Kier alpha value is -0.570. The molecule has 1 N–H and O–H groups in total. The summed E-state index contributed by atoms with van der Waals surface area (Å²) >= 11 is 6.15. The number of hydrogen-bond acceptors (Lipinski definition) is 2. The third-order valence-electron chi connectivity index (χ3n) is 2.80. The van der Waals surface area contributed by atoms with Crippen LogP contribution in [-0.2, 0) is 11.2 Å². The molecule has 0 amide bonds. The summed E-state index contributed by atoms with van der Waals surface area (Å²) in [7, 11) is 0. The fourth-order valence-electron chi connectivity index (χ4n) is 2.13. The monoisotopic (exact) mass is 239 g/mol. The van der Waals surface area contributed by atoms with E-state index < -0.39 is 0 Å². The lowest BCUT2D eigenvalue weighted by Crippen LogP contribution is -2.56. The largest absolute Gasteiger partial charge is 0.378 e. The summed E-state index contributed by atoms with van der Waals surface area (Å²) in [6.07, 6.45) is 0.920. The van der Waals surface area contributed by atoms with Gasteiger partial charge in [0.15, 0.2) is 0 Å². The van der Waals surface area contributed by atoms with Gasteiger partial charge in [0.2, 0.25) is 0 Å². The Labute approximate surface area is 102 Å². The van der Waals surface area contributed by atoms with E-state index >= 15 is 0 Å². The zero-order chi connectivity index (χ0) is 11.6. The first-order valence-corrected chi connectivity index (χ1v) is 6.03. The molecule has 1 unspecified atom stereocenters. The third kappa shape index (κ3) is 2.97. The number of morpholine rings is 1. The second-order valence-corrected chi connectivity index (χ2v) is 5.44. The van der Waals surface area contributed by atoms with Gasteiger partial charge in [0.25, 0.3) is 0 Å². The maximum Gasteiger partial charge on any atom is 0.0643 e. The highest BCUT2D eigenvalue weighted by Gasteiger charge is 2.27. The Morgan fingerprint density at radius 1 is 1.44 bits per heavy atom. The fraction of sp³-hybridized carbons (Fsp3) is 0.538. The van der Waals surface area contributed by atoms with Gasteiger partial charge in [0.05, 0.1) is 13.2 Å². The van der Waals surface area contributed by atoms with Gasteiger partial charge >= 0.3 is 0 Å². The predicted molar refractivity (Wildman–Crippen MR) is 67.0 cm³/mol. The second-order valence-electron chi connectivity index (χ2n) is 5.04. The topological polar surface area (TPSA) is 21.3 Å². The van der Waals surface area contributed by atoms with Gasteiger partial charge in [-0.2, -0.15) is 0 Å². The Bertz CT molecular complexity index is 365. The molecule has 0 aromatic heterocycles. The van der Waals surface area contributed by atoms with Crippen molar-refractivity contribution in [3.8, 4) is 0 Å². The first kappa shape index (κ1) is 11.9. The fourth-order valence-corrected chi connectivity index (χ4v) is 2.34. The van der Waals surface area contributed by atoms with Gasteiger partial charge in [-0.1, -0.05) is 29.8 Å². The minimum absolute atomic E-state index is 0.0597. The molecule has 1 aliphatic rings. The Morgan fingerprint density at radius 2 is 2.19 bits per heavy atom. The molecule has 2 rings (SSSR count). The van der Waals surface area contributed by atoms with Crippen LogP contribution in [-0.4, -0.2) is 24.8 Å². The summed E-state index contributed by atoms with van der Waals surface area (Å²) in [6, 6.07) is 8.34. The molecule has 2 nitrogen and oxygen atoms in total. The van der Waals surface area contributed by atoms with Gasteiger partial charge in [0, 0.05) is 16.6 Å². The molecule has 1 aromatic rings. The number of hydrogen-bond donors (Lipinski definition) is 1. The molecule has 3 heteroatoms. The predicted octanol–water partition coefficient (Wildman–Crippen LogP) is 2.65. The number of benzene rings is 1. The van der Waals surface area contributed by atoms with Gasteiger partial charge in [-0.25, -0.2) is 0 Å². The molecule has 16 heavy (non-hydrogen) atoms. The molecule has 1 heterocycles. The Morgan fingerprint density at radius 3 is 2.88 bits per heavy atom. The Kier molecular flexibility index (Phi) is 3.53. The molecule has 1 aliphatic heterocycles. The van der Waals surface area contributed by atoms with E-state index in [1.807, 2.05) is 18.2 Å².